The molecule has 0 aliphatic rings. The number of pyridine rings is 1. The highest BCUT2D eigenvalue weighted by atomic mass is 79.9. The lowest BCUT2D eigenvalue weighted by Gasteiger charge is -2.04. The second kappa shape index (κ2) is 3.73. The normalized spacial score (nSPS) is 10.2. The summed E-state index contributed by atoms with van der Waals surface area (Å²) < 4.78 is 6.65. The van der Waals surface area contributed by atoms with Crippen LogP contribution in [-0.4, -0.2) is 16.8 Å². The van der Waals surface area contributed by atoms with E-state index in [2.05, 4.69) is 15.9 Å². The summed E-state index contributed by atoms with van der Waals surface area (Å²) in [6, 6.07) is 1.34. The van der Waals surface area contributed by atoms with Crippen molar-refractivity contribution < 1.29 is 9.84 Å². The van der Waals surface area contributed by atoms with Crippen molar-refractivity contribution in [2.24, 2.45) is 0 Å². The molecule has 12 heavy (non-hydrogen) atoms. The third-order valence-electron chi connectivity index (χ3n) is 1.30. The molecule has 1 rings (SSSR count). The van der Waals surface area contributed by atoms with Gasteiger partial charge in [0.1, 0.15) is 6.73 Å². The van der Waals surface area contributed by atoms with Gasteiger partial charge in [-0.05, 0) is 15.9 Å². The van der Waals surface area contributed by atoms with Gasteiger partial charge >= 0.3 is 0 Å². The lowest BCUT2D eigenvalue weighted by Crippen LogP contribution is -2.19. The molecule has 0 saturated heterocycles. The van der Waals surface area contributed by atoms with E-state index in [1.807, 2.05) is 0 Å². The second-order valence-corrected chi connectivity index (χ2v) is 3.15. The van der Waals surface area contributed by atoms with Crippen LogP contribution in [0.25, 0.3) is 0 Å². The van der Waals surface area contributed by atoms with Gasteiger partial charge in [-0.3, -0.25) is 9.36 Å². The molecule has 0 bridgehead atoms. The van der Waals surface area contributed by atoms with Gasteiger partial charge in [0.2, 0.25) is 0 Å². The van der Waals surface area contributed by atoms with Crippen molar-refractivity contribution in [3.05, 3.63) is 27.1 Å². The largest absolute Gasteiger partial charge is 0.503 e. The molecule has 1 heterocycles. The monoisotopic (exact) mass is 233 g/mol. The fraction of sp³-hybridized carbons (Fsp3) is 0.286. The quantitative estimate of drug-likeness (QED) is 0.827. The Morgan fingerprint density at radius 1 is 1.75 bits per heavy atom. The van der Waals surface area contributed by atoms with Crippen LogP contribution in [-0.2, 0) is 11.5 Å². The molecule has 0 spiro atoms. The maximum absolute atomic E-state index is 11.1. The fourth-order valence-corrected chi connectivity index (χ4v) is 1.28. The smallest absolute Gasteiger partial charge is 0.294 e. The van der Waals surface area contributed by atoms with Crippen molar-refractivity contribution in [2.45, 2.75) is 6.73 Å². The van der Waals surface area contributed by atoms with Gasteiger partial charge in [0.15, 0.2) is 5.75 Å². The maximum Gasteiger partial charge on any atom is 0.294 e. The zero-order chi connectivity index (χ0) is 9.14. The van der Waals surface area contributed by atoms with Crippen LogP contribution in [0.4, 0.5) is 0 Å². The fourth-order valence-electron chi connectivity index (χ4n) is 0.819. The highest BCUT2D eigenvalue weighted by Crippen LogP contribution is 2.11. The van der Waals surface area contributed by atoms with Crippen molar-refractivity contribution >= 4 is 15.9 Å². The molecular formula is C7H8BrNO3. The second-order valence-electron chi connectivity index (χ2n) is 2.24. The van der Waals surface area contributed by atoms with Crippen LogP contribution in [0.5, 0.6) is 5.75 Å². The van der Waals surface area contributed by atoms with Gasteiger partial charge in [0.25, 0.3) is 5.56 Å². The van der Waals surface area contributed by atoms with E-state index in [-0.39, 0.29) is 12.5 Å². The van der Waals surface area contributed by atoms with Crippen molar-refractivity contribution in [2.75, 3.05) is 7.11 Å². The van der Waals surface area contributed by atoms with Crippen molar-refractivity contribution in [1.29, 1.82) is 0 Å². The summed E-state index contributed by atoms with van der Waals surface area (Å²) in [6.07, 6.45) is 1.55. The first kappa shape index (κ1) is 9.28. The van der Waals surface area contributed by atoms with E-state index >= 15 is 0 Å². The minimum atomic E-state index is -0.458. The SMILES string of the molecule is COCn1cc(Br)cc(O)c1=O. The van der Waals surface area contributed by atoms with Gasteiger partial charge in [0, 0.05) is 23.8 Å². The van der Waals surface area contributed by atoms with E-state index in [1.54, 1.807) is 6.20 Å². The molecule has 66 valence electrons. The van der Waals surface area contributed by atoms with Crippen LogP contribution in [0.3, 0.4) is 0 Å². The average Bonchev–Trinajstić information content (AvgIpc) is 2.00. The van der Waals surface area contributed by atoms with E-state index in [9.17, 15) is 4.79 Å². The zero-order valence-corrected chi connectivity index (χ0v) is 8.04. The lowest BCUT2D eigenvalue weighted by molar-refractivity contribution is 0.127. The number of hydrogen-bond donors (Lipinski definition) is 1. The number of aromatic nitrogens is 1. The first-order valence-corrected chi connectivity index (χ1v) is 4.02. The standard InChI is InChI=1S/C7H8BrNO3/c1-12-4-9-3-5(8)2-6(10)7(9)11/h2-3,10H,4H2,1H3. The van der Waals surface area contributed by atoms with Crippen molar-refractivity contribution in [3.8, 4) is 5.75 Å². The molecule has 0 amide bonds. The molecule has 0 saturated carbocycles. The van der Waals surface area contributed by atoms with Gasteiger partial charge in [-0.15, -0.1) is 0 Å². The topological polar surface area (TPSA) is 51.5 Å². The molecule has 0 aromatic carbocycles. The first-order chi connectivity index (χ1) is 5.65. The Bertz CT molecular complexity index is 334. The molecular weight excluding hydrogens is 226 g/mol. The summed E-state index contributed by atoms with van der Waals surface area (Å²) in [5, 5.41) is 9.09. The number of rotatable bonds is 2. The molecule has 1 aromatic rings. The van der Waals surface area contributed by atoms with Crippen LogP contribution in [0.2, 0.25) is 0 Å². The molecule has 0 radical (unpaired) electrons. The Balaban J connectivity index is 3.19. The molecule has 0 aliphatic carbocycles. The molecule has 0 fully saturated rings. The number of hydrogen-bond acceptors (Lipinski definition) is 3. The minimum absolute atomic E-state index is 0.131. The van der Waals surface area contributed by atoms with Crippen LogP contribution in [0.1, 0.15) is 0 Å². The average molecular weight is 234 g/mol. The summed E-state index contributed by atoms with van der Waals surface area (Å²) >= 11 is 3.14. The van der Waals surface area contributed by atoms with E-state index in [0.29, 0.717) is 4.47 Å². The molecule has 5 heteroatoms. The minimum Gasteiger partial charge on any atom is -0.503 e. The van der Waals surface area contributed by atoms with Gasteiger partial charge in [-0.2, -0.15) is 0 Å². The molecule has 4 nitrogen and oxygen atoms in total. The number of halogens is 1. The maximum atomic E-state index is 11.1. The van der Waals surface area contributed by atoms with Crippen LogP contribution < -0.4 is 5.56 Å². The molecule has 0 atom stereocenters. The first-order valence-electron chi connectivity index (χ1n) is 3.23. The molecule has 1 N–H and O–H groups in total. The van der Waals surface area contributed by atoms with Gasteiger partial charge in [0.05, 0.1) is 0 Å². The highest BCUT2D eigenvalue weighted by molar-refractivity contribution is 9.10. The third-order valence-corrected chi connectivity index (χ3v) is 1.74. The summed E-state index contributed by atoms with van der Waals surface area (Å²) in [5.74, 6) is -0.290. The Hall–Kier alpha value is -0.810. The number of aromatic hydroxyl groups is 1. The Morgan fingerprint density at radius 2 is 2.42 bits per heavy atom. The summed E-state index contributed by atoms with van der Waals surface area (Å²) in [7, 11) is 1.48. The Kier molecular flexibility index (Phi) is 2.88. The predicted molar refractivity (Wildman–Crippen MR) is 47.1 cm³/mol. The lowest BCUT2D eigenvalue weighted by atomic mass is 10.4. The van der Waals surface area contributed by atoms with Crippen molar-refractivity contribution in [3.63, 3.8) is 0 Å². The van der Waals surface area contributed by atoms with E-state index < -0.39 is 5.56 Å². The molecule has 0 unspecified atom stereocenters. The van der Waals surface area contributed by atoms with Gasteiger partial charge in [-0.1, -0.05) is 0 Å². The summed E-state index contributed by atoms with van der Waals surface area (Å²) in [5.41, 5.74) is -0.458. The number of ether oxygens (including phenoxy) is 1. The van der Waals surface area contributed by atoms with Gasteiger partial charge in [-0.25, -0.2) is 0 Å². The number of nitrogens with zero attached hydrogens (tertiary/aromatic N) is 1. The van der Waals surface area contributed by atoms with E-state index in [4.69, 9.17) is 9.84 Å². The predicted octanol–water partition coefficient (Wildman–Crippen LogP) is 0.920. The van der Waals surface area contributed by atoms with Gasteiger partial charge < -0.3 is 9.84 Å². The molecule has 1 aromatic heterocycles. The van der Waals surface area contributed by atoms with Crippen molar-refractivity contribution in [1.82, 2.24) is 4.57 Å². The summed E-state index contributed by atoms with van der Waals surface area (Å²) in [6.45, 7) is 0.131. The Labute approximate surface area is 77.5 Å². The van der Waals surface area contributed by atoms with Crippen LogP contribution in [0, 0.1) is 0 Å². The molecule has 0 aliphatic heterocycles. The Morgan fingerprint density at radius 3 is 3.00 bits per heavy atom. The third kappa shape index (κ3) is 1.86. The highest BCUT2D eigenvalue weighted by Gasteiger charge is 2.02. The van der Waals surface area contributed by atoms with E-state index in [0.717, 1.165) is 0 Å². The summed E-state index contributed by atoms with van der Waals surface area (Å²) in [4.78, 5) is 11.1. The van der Waals surface area contributed by atoms with Crippen LogP contribution >= 0.6 is 15.9 Å². The number of methoxy groups -OCH3 is 1. The van der Waals surface area contributed by atoms with E-state index in [1.165, 1.54) is 17.7 Å². The zero-order valence-electron chi connectivity index (χ0n) is 6.45. The van der Waals surface area contributed by atoms with Crippen LogP contribution in [0.15, 0.2) is 21.5 Å².